The number of halogens is 1. The van der Waals surface area contributed by atoms with E-state index in [1.807, 2.05) is 0 Å². The van der Waals surface area contributed by atoms with E-state index < -0.39 is 16.4 Å². The first kappa shape index (κ1) is 21.9. The topological polar surface area (TPSA) is 149 Å². The van der Waals surface area contributed by atoms with Gasteiger partial charge in [0, 0.05) is 41.2 Å². The van der Waals surface area contributed by atoms with Gasteiger partial charge in [-0.15, -0.1) is 0 Å². The maximum absolute atomic E-state index is 13.5. The highest BCUT2D eigenvalue weighted by Gasteiger charge is 2.22. The molecule has 12 heteroatoms. The zero-order valence-electron chi connectivity index (χ0n) is 17.7. The highest BCUT2D eigenvalue weighted by atomic mass is 35.5. The van der Waals surface area contributed by atoms with Gasteiger partial charge in [0.05, 0.1) is 9.95 Å². The Morgan fingerprint density at radius 1 is 1.09 bits per heavy atom. The van der Waals surface area contributed by atoms with Crippen molar-refractivity contribution in [3.05, 3.63) is 104 Å². The number of hydrogen-bond donors (Lipinski definition) is 2. The van der Waals surface area contributed by atoms with Gasteiger partial charge in [0.2, 0.25) is 0 Å². The van der Waals surface area contributed by atoms with Gasteiger partial charge >= 0.3 is 0 Å². The summed E-state index contributed by atoms with van der Waals surface area (Å²) < 4.78 is 0.929. The van der Waals surface area contributed by atoms with Crippen LogP contribution in [0.4, 0.5) is 5.69 Å². The van der Waals surface area contributed by atoms with E-state index in [2.05, 4.69) is 25.6 Å². The molecule has 0 bridgehead atoms. The Hall–Kier alpha value is -4.90. The van der Waals surface area contributed by atoms with Crippen LogP contribution >= 0.6 is 11.6 Å². The standard InChI is InChI=1S/C23H14ClN7O4/c24-17-7-2-1-6-16(17)18-19-20(28-27-18)23(33)30(29-22(32)13-8-10-25-11-9-13)21(26-19)14-4-3-5-15(12-14)31(34)35/h1-12H,(H,27,28)(H,29,32). The summed E-state index contributed by atoms with van der Waals surface area (Å²) in [7, 11) is 0. The Morgan fingerprint density at radius 3 is 2.60 bits per heavy atom. The summed E-state index contributed by atoms with van der Waals surface area (Å²) in [5, 5.41) is 18.7. The summed E-state index contributed by atoms with van der Waals surface area (Å²) in [4.78, 5) is 45.6. The fraction of sp³-hybridized carbons (Fsp3) is 0. The predicted molar refractivity (Wildman–Crippen MR) is 129 cm³/mol. The molecular weight excluding hydrogens is 474 g/mol. The molecular formula is C23H14ClN7O4. The Morgan fingerprint density at radius 2 is 1.86 bits per heavy atom. The Kier molecular flexibility index (Phi) is 5.51. The highest BCUT2D eigenvalue weighted by Crippen LogP contribution is 2.31. The summed E-state index contributed by atoms with van der Waals surface area (Å²) in [6, 6.07) is 15.5. The van der Waals surface area contributed by atoms with E-state index in [1.165, 1.54) is 42.7 Å². The second-order valence-electron chi connectivity index (χ2n) is 7.34. The summed E-state index contributed by atoms with van der Waals surface area (Å²) >= 11 is 6.33. The first-order valence-electron chi connectivity index (χ1n) is 10.2. The van der Waals surface area contributed by atoms with Crippen LogP contribution in [-0.2, 0) is 0 Å². The van der Waals surface area contributed by atoms with Crippen LogP contribution in [0.15, 0.2) is 77.9 Å². The van der Waals surface area contributed by atoms with Crippen molar-refractivity contribution in [2.45, 2.75) is 0 Å². The molecule has 3 aromatic heterocycles. The number of H-pyrrole nitrogens is 1. The fourth-order valence-corrected chi connectivity index (χ4v) is 3.75. The van der Waals surface area contributed by atoms with E-state index in [0.717, 1.165) is 4.68 Å². The van der Waals surface area contributed by atoms with E-state index in [-0.39, 0.29) is 33.7 Å². The maximum atomic E-state index is 13.5. The first-order valence-corrected chi connectivity index (χ1v) is 10.5. The van der Waals surface area contributed by atoms with Gasteiger partial charge in [0.15, 0.2) is 11.3 Å². The van der Waals surface area contributed by atoms with Crippen molar-refractivity contribution < 1.29 is 9.72 Å². The van der Waals surface area contributed by atoms with Gasteiger partial charge < -0.3 is 0 Å². The Bertz CT molecular complexity index is 1660. The lowest BCUT2D eigenvalue weighted by Gasteiger charge is -2.14. The van der Waals surface area contributed by atoms with Gasteiger partial charge in [-0.3, -0.25) is 35.2 Å². The summed E-state index contributed by atoms with van der Waals surface area (Å²) in [5.74, 6) is -0.628. The number of aromatic nitrogens is 5. The van der Waals surface area contributed by atoms with Crippen LogP contribution in [0.3, 0.4) is 0 Å². The quantitative estimate of drug-likeness (QED) is 0.283. The number of carbonyl (C=O) groups is 1. The molecule has 1 amide bonds. The summed E-state index contributed by atoms with van der Waals surface area (Å²) in [6.07, 6.45) is 2.87. The lowest BCUT2D eigenvalue weighted by molar-refractivity contribution is -0.384. The highest BCUT2D eigenvalue weighted by molar-refractivity contribution is 6.33. The lowest BCUT2D eigenvalue weighted by atomic mass is 10.1. The lowest BCUT2D eigenvalue weighted by Crippen LogP contribution is -2.35. The molecule has 0 saturated heterocycles. The monoisotopic (exact) mass is 487 g/mol. The minimum atomic E-state index is -0.662. The van der Waals surface area contributed by atoms with Crippen molar-refractivity contribution in [1.29, 1.82) is 0 Å². The van der Waals surface area contributed by atoms with Crippen molar-refractivity contribution >= 4 is 34.2 Å². The number of non-ortho nitro benzene ring substituents is 1. The Balaban J connectivity index is 1.76. The molecule has 0 saturated carbocycles. The number of aromatic amines is 1. The molecule has 5 aromatic rings. The van der Waals surface area contributed by atoms with Crippen LogP contribution in [0.5, 0.6) is 0 Å². The molecule has 172 valence electrons. The third-order valence-electron chi connectivity index (χ3n) is 5.19. The Labute approximate surface area is 201 Å². The average molecular weight is 488 g/mol. The molecule has 0 aliphatic rings. The molecule has 0 spiro atoms. The van der Waals surface area contributed by atoms with Crippen LogP contribution in [-0.4, -0.2) is 35.7 Å². The van der Waals surface area contributed by atoms with Gasteiger partial charge in [-0.1, -0.05) is 41.9 Å². The molecule has 2 aromatic carbocycles. The molecule has 0 unspecified atom stereocenters. The molecule has 3 heterocycles. The van der Waals surface area contributed by atoms with Gasteiger partial charge in [0.1, 0.15) is 11.2 Å². The predicted octanol–water partition coefficient (Wildman–Crippen LogP) is 3.79. The second kappa shape index (κ2) is 8.80. The van der Waals surface area contributed by atoms with Crippen LogP contribution in [0.25, 0.3) is 33.7 Å². The second-order valence-corrected chi connectivity index (χ2v) is 7.74. The third-order valence-corrected chi connectivity index (χ3v) is 5.52. The number of fused-ring (bicyclic) bond motifs is 1. The minimum Gasteiger partial charge on any atom is -0.270 e. The number of nitro groups is 1. The van der Waals surface area contributed by atoms with Crippen LogP contribution in [0.1, 0.15) is 10.4 Å². The summed E-state index contributed by atoms with van der Waals surface area (Å²) in [6.45, 7) is 0. The van der Waals surface area contributed by atoms with Crippen molar-refractivity contribution in [1.82, 2.24) is 24.8 Å². The number of benzene rings is 2. The third kappa shape index (κ3) is 4.00. The average Bonchev–Trinajstić information content (AvgIpc) is 3.30. The molecule has 5 rings (SSSR count). The smallest absolute Gasteiger partial charge is 0.270 e. The molecule has 0 aliphatic heterocycles. The van der Waals surface area contributed by atoms with Gasteiger partial charge in [-0.2, -0.15) is 9.77 Å². The number of carbonyl (C=O) groups excluding carboxylic acids is 1. The number of nitrogens with zero attached hydrogens (tertiary/aromatic N) is 5. The number of nitrogens with one attached hydrogen (secondary N) is 2. The molecule has 0 fully saturated rings. The molecule has 0 aliphatic carbocycles. The number of rotatable bonds is 5. The number of nitro benzene ring substituents is 1. The minimum absolute atomic E-state index is 0.0177. The van der Waals surface area contributed by atoms with Crippen molar-refractivity contribution in [3.8, 4) is 22.6 Å². The zero-order chi connectivity index (χ0) is 24.5. The SMILES string of the molecule is O=C(Nn1c(-c2cccc([N+](=O)[O-])c2)nc2c(-c3ccccc3Cl)n[nH]c2c1=O)c1ccncc1. The zero-order valence-corrected chi connectivity index (χ0v) is 18.4. The molecule has 11 nitrogen and oxygen atoms in total. The largest absolute Gasteiger partial charge is 0.298 e. The van der Waals surface area contributed by atoms with E-state index in [1.54, 1.807) is 30.3 Å². The fourth-order valence-electron chi connectivity index (χ4n) is 3.52. The number of hydrogen-bond acceptors (Lipinski definition) is 7. The molecule has 35 heavy (non-hydrogen) atoms. The first-order chi connectivity index (χ1) is 16.9. The number of pyridine rings is 1. The summed E-state index contributed by atoms with van der Waals surface area (Å²) in [5.41, 5.74) is 3.21. The van der Waals surface area contributed by atoms with E-state index in [4.69, 9.17) is 11.6 Å². The van der Waals surface area contributed by atoms with Gasteiger partial charge in [0.25, 0.3) is 17.2 Å². The van der Waals surface area contributed by atoms with Crippen molar-refractivity contribution in [3.63, 3.8) is 0 Å². The molecule has 0 atom stereocenters. The van der Waals surface area contributed by atoms with Gasteiger partial charge in [-0.25, -0.2) is 4.98 Å². The van der Waals surface area contributed by atoms with Crippen molar-refractivity contribution in [2.75, 3.05) is 5.43 Å². The van der Waals surface area contributed by atoms with Crippen LogP contribution in [0, 0.1) is 10.1 Å². The van der Waals surface area contributed by atoms with Crippen molar-refractivity contribution in [2.24, 2.45) is 0 Å². The van der Waals surface area contributed by atoms with E-state index >= 15 is 0 Å². The maximum Gasteiger partial charge on any atom is 0.298 e. The molecule has 2 N–H and O–H groups in total. The van der Waals surface area contributed by atoms with Gasteiger partial charge in [-0.05, 0) is 18.2 Å². The van der Waals surface area contributed by atoms with Crippen LogP contribution in [0.2, 0.25) is 5.02 Å². The number of amides is 1. The van der Waals surface area contributed by atoms with E-state index in [0.29, 0.717) is 16.3 Å². The normalized spacial score (nSPS) is 10.9. The van der Waals surface area contributed by atoms with Crippen LogP contribution < -0.4 is 11.0 Å². The molecule has 0 radical (unpaired) electrons. The van der Waals surface area contributed by atoms with E-state index in [9.17, 15) is 19.7 Å².